The Morgan fingerprint density at radius 1 is 1.69 bits per heavy atom. The van der Waals surface area contributed by atoms with Crippen LogP contribution in [0.4, 0.5) is 0 Å². The lowest BCUT2D eigenvalue weighted by molar-refractivity contribution is -0.119. The lowest BCUT2D eigenvalue weighted by atomic mass is 9.98. The van der Waals surface area contributed by atoms with Crippen molar-refractivity contribution < 1.29 is 4.79 Å². The SMILES string of the molecule is C=C(C)CCC1C2C(=O)CCC12C. The van der Waals surface area contributed by atoms with E-state index in [4.69, 9.17) is 0 Å². The van der Waals surface area contributed by atoms with Crippen LogP contribution in [-0.2, 0) is 4.79 Å². The fraction of sp³-hybridized carbons (Fsp3) is 0.750. The number of hydrogen-bond acceptors (Lipinski definition) is 1. The molecule has 0 N–H and O–H groups in total. The maximum atomic E-state index is 11.5. The molecule has 0 aliphatic heterocycles. The first kappa shape index (κ1) is 8.98. The minimum atomic E-state index is 0.395. The molecular weight excluding hydrogens is 160 g/mol. The van der Waals surface area contributed by atoms with Gasteiger partial charge >= 0.3 is 0 Å². The molecule has 2 aliphatic carbocycles. The van der Waals surface area contributed by atoms with Crippen LogP contribution in [-0.4, -0.2) is 5.78 Å². The molecule has 0 aromatic rings. The van der Waals surface area contributed by atoms with Gasteiger partial charge in [0.25, 0.3) is 0 Å². The minimum absolute atomic E-state index is 0.395. The number of hydrogen-bond donors (Lipinski definition) is 0. The summed E-state index contributed by atoms with van der Waals surface area (Å²) in [6, 6.07) is 0. The van der Waals surface area contributed by atoms with E-state index in [-0.39, 0.29) is 0 Å². The molecule has 0 aromatic heterocycles. The lowest BCUT2D eigenvalue weighted by Crippen LogP contribution is -2.00. The summed E-state index contributed by atoms with van der Waals surface area (Å²) >= 11 is 0. The van der Waals surface area contributed by atoms with Crippen LogP contribution >= 0.6 is 0 Å². The van der Waals surface area contributed by atoms with Gasteiger partial charge in [-0.3, -0.25) is 4.79 Å². The topological polar surface area (TPSA) is 17.1 Å². The van der Waals surface area contributed by atoms with E-state index in [1.165, 1.54) is 12.0 Å². The molecule has 2 fully saturated rings. The third-order valence-electron chi connectivity index (χ3n) is 3.99. The van der Waals surface area contributed by atoms with Crippen molar-refractivity contribution in [1.29, 1.82) is 0 Å². The Kier molecular flexibility index (Phi) is 1.86. The van der Waals surface area contributed by atoms with E-state index in [1.54, 1.807) is 0 Å². The normalized spacial score (nSPS) is 41.8. The summed E-state index contributed by atoms with van der Waals surface area (Å²) in [4.78, 5) is 11.5. The van der Waals surface area contributed by atoms with Gasteiger partial charge in [0.1, 0.15) is 5.78 Å². The molecule has 72 valence electrons. The summed E-state index contributed by atoms with van der Waals surface area (Å²) in [5.41, 5.74) is 1.65. The number of ketones is 1. The van der Waals surface area contributed by atoms with Crippen molar-refractivity contribution in [2.24, 2.45) is 17.3 Å². The van der Waals surface area contributed by atoms with E-state index in [0.29, 0.717) is 23.0 Å². The first-order valence-electron chi connectivity index (χ1n) is 5.23. The molecule has 0 aromatic carbocycles. The molecular formula is C12H18O. The molecule has 2 rings (SSSR count). The summed E-state index contributed by atoms with van der Waals surface area (Å²) in [6.45, 7) is 8.26. The lowest BCUT2D eigenvalue weighted by Gasteiger charge is -2.07. The molecule has 2 saturated carbocycles. The van der Waals surface area contributed by atoms with Crippen LogP contribution in [0.15, 0.2) is 12.2 Å². The van der Waals surface area contributed by atoms with Crippen LogP contribution in [0.1, 0.15) is 39.5 Å². The van der Waals surface area contributed by atoms with Crippen molar-refractivity contribution in [2.45, 2.75) is 39.5 Å². The summed E-state index contributed by atoms with van der Waals surface area (Å²) < 4.78 is 0. The van der Waals surface area contributed by atoms with Gasteiger partial charge in [0, 0.05) is 12.3 Å². The summed E-state index contributed by atoms with van der Waals surface area (Å²) in [6.07, 6.45) is 4.26. The zero-order valence-electron chi connectivity index (χ0n) is 8.60. The van der Waals surface area contributed by atoms with E-state index in [1.807, 2.05) is 0 Å². The van der Waals surface area contributed by atoms with Crippen LogP contribution in [0, 0.1) is 17.3 Å². The average molecular weight is 178 g/mol. The molecule has 0 heterocycles. The highest BCUT2D eigenvalue weighted by Crippen LogP contribution is 2.68. The van der Waals surface area contributed by atoms with Crippen molar-refractivity contribution in [3.8, 4) is 0 Å². The number of allylic oxidation sites excluding steroid dienone is 1. The largest absolute Gasteiger partial charge is 0.299 e. The Labute approximate surface area is 80.2 Å². The molecule has 0 bridgehead atoms. The molecule has 0 saturated heterocycles. The highest BCUT2D eigenvalue weighted by Gasteiger charge is 2.66. The first-order chi connectivity index (χ1) is 6.05. The van der Waals surface area contributed by atoms with Crippen molar-refractivity contribution in [3.05, 3.63) is 12.2 Å². The van der Waals surface area contributed by atoms with Gasteiger partial charge in [-0.15, -0.1) is 6.58 Å². The number of Topliss-reactive ketones (excluding diaryl/α,β-unsaturated/α-hetero) is 1. The predicted octanol–water partition coefficient (Wildman–Crippen LogP) is 2.96. The highest BCUT2D eigenvalue weighted by atomic mass is 16.1. The van der Waals surface area contributed by atoms with Gasteiger partial charge < -0.3 is 0 Å². The maximum absolute atomic E-state index is 11.5. The Morgan fingerprint density at radius 3 is 2.85 bits per heavy atom. The molecule has 0 amide bonds. The monoisotopic (exact) mass is 178 g/mol. The van der Waals surface area contributed by atoms with E-state index >= 15 is 0 Å². The maximum Gasteiger partial charge on any atom is 0.136 e. The van der Waals surface area contributed by atoms with Crippen LogP contribution in [0.25, 0.3) is 0 Å². The van der Waals surface area contributed by atoms with E-state index in [0.717, 1.165) is 19.3 Å². The zero-order chi connectivity index (χ0) is 9.64. The van der Waals surface area contributed by atoms with Crippen molar-refractivity contribution >= 4 is 5.78 Å². The van der Waals surface area contributed by atoms with Crippen LogP contribution in [0.3, 0.4) is 0 Å². The fourth-order valence-corrected chi connectivity index (χ4v) is 3.04. The van der Waals surface area contributed by atoms with Gasteiger partial charge in [-0.1, -0.05) is 12.5 Å². The smallest absolute Gasteiger partial charge is 0.136 e. The van der Waals surface area contributed by atoms with E-state index < -0.39 is 0 Å². The second-order valence-corrected chi connectivity index (χ2v) is 5.05. The molecule has 1 nitrogen and oxygen atoms in total. The molecule has 0 spiro atoms. The zero-order valence-corrected chi connectivity index (χ0v) is 8.60. The second-order valence-electron chi connectivity index (χ2n) is 5.05. The minimum Gasteiger partial charge on any atom is -0.299 e. The Bertz CT molecular complexity index is 266. The molecule has 3 atom stereocenters. The Morgan fingerprint density at radius 2 is 2.38 bits per heavy atom. The number of fused-ring (bicyclic) bond motifs is 1. The number of carbonyl (C=O) groups is 1. The molecule has 1 heteroatoms. The fourth-order valence-electron chi connectivity index (χ4n) is 3.04. The van der Waals surface area contributed by atoms with E-state index in [9.17, 15) is 4.79 Å². The third-order valence-corrected chi connectivity index (χ3v) is 3.99. The van der Waals surface area contributed by atoms with Gasteiger partial charge in [-0.2, -0.15) is 0 Å². The van der Waals surface area contributed by atoms with Gasteiger partial charge in [0.05, 0.1) is 0 Å². The molecule has 3 unspecified atom stereocenters. The average Bonchev–Trinajstić information content (AvgIpc) is 2.52. The molecule has 0 radical (unpaired) electrons. The van der Waals surface area contributed by atoms with Crippen molar-refractivity contribution in [1.82, 2.24) is 0 Å². The standard InChI is InChI=1S/C12H18O/c1-8(2)4-5-9-11-10(13)6-7-12(9,11)3/h9,11H,1,4-7H2,2-3H3. The van der Waals surface area contributed by atoms with Crippen LogP contribution < -0.4 is 0 Å². The first-order valence-corrected chi connectivity index (χ1v) is 5.23. The van der Waals surface area contributed by atoms with Crippen molar-refractivity contribution in [3.63, 3.8) is 0 Å². The summed E-state index contributed by atoms with van der Waals surface area (Å²) in [7, 11) is 0. The van der Waals surface area contributed by atoms with Crippen LogP contribution in [0.5, 0.6) is 0 Å². The van der Waals surface area contributed by atoms with Gasteiger partial charge in [0.2, 0.25) is 0 Å². The summed E-state index contributed by atoms with van der Waals surface area (Å²) in [5, 5.41) is 0. The van der Waals surface area contributed by atoms with E-state index in [2.05, 4.69) is 20.4 Å². The second kappa shape index (κ2) is 2.70. The molecule has 2 aliphatic rings. The van der Waals surface area contributed by atoms with Crippen LogP contribution in [0.2, 0.25) is 0 Å². The predicted molar refractivity (Wildman–Crippen MR) is 53.4 cm³/mol. The Hall–Kier alpha value is -0.590. The van der Waals surface area contributed by atoms with Gasteiger partial charge in [0.15, 0.2) is 0 Å². The van der Waals surface area contributed by atoms with Crippen molar-refractivity contribution in [2.75, 3.05) is 0 Å². The van der Waals surface area contributed by atoms with Gasteiger partial charge in [-0.25, -0.2) is 0 Å². The third kappa shape index (κ3) is 1.25. The molecule has 13 heavy (non-hydrogen) atoms. The van der Waals surface area contributed by atoms with Gasteiger partial charge in [-0.05, 0) is 37.5 Å². The number of rotatable bonds is 3. The quantitative estimate of drug-likeness (QED) is 0.607. The number of carbonyl (C=O) groups excluding carboxylic acids is 1. The Balaban J connectivity index is 1.92. The highest BCUT2D eigenvalue weighted by molar-refractivity contribution is 5.88. The summed E-state index contributed by atoms with van der Waals surface area (Å²) in [5.74, 6) is 1.63.